The van der Waals surface area contributed by atoms with E-state index >= 15 is 0 Å². The summed E-state index contributed by atoms with van der Waals surface area (Å²) in [6.07, 6.45) is 2.92. The van der Waals surface area contributed by atoms with Gasteiger partial charge >= 0.3 is 0 Å². The van der Waals surface area contributed by atoms with E-state index in [9.17, 15) is 4.79 Å². The van der Waals surface area contributed by atoms with Crippen LogP contribution in [0.4, 0.5) is 0 Å². The maximum Gasteiger partial charge on any atom is 0.274 e. The number of nitrogens with zero attached hydrogens (tertiary/aromatic N) is 4. The second-order valence-corrected chi connectivity index (χ2v) is 6.46. The van der Waals surface area contributed by atoms with E-state index in [1.54, 1.807) is 11.9 Å². The number of aromatic nitrogens is 3. The van der Waals surface area contributed by atoms with Crippen molar-refractivity contribution in [1.82, 2.24) is 19.8 Å². The first-order valence-corrected chi connectivity index (χ1v) is 8.47. The molecule has 1 amide bonds. The van der Waals surface area contributed by atoms with E-state index in [4.69, 9.17) is 4.52 Å². The number of carbonyl (C=O) groups excluding carboxylic acids is 1. The van der Waals surface area contributed by atoms with Gasteiger partial charge in [-0.25, -0.2) is 4.68 Å². The number of hydrogen-bond acceptors (Lipinski definition) is 4. The van der Waals surface area contributed by atoms with Gasteiger partial charge in [0.2, 0.25) is 0 Å². The fourth-order valence-electron chi connectivity index (χ4n) is 3.38. The molecule has 25 heavy (non-hydrogen) atoms. The summed E-state index contributed by atoms with van der Waals surface area (Å²) in [4.78, 5) is 14.6. The van der Waals surface area contributed by atoms with Gasteiger partial charge in [-0.05, 0) is 38.3 Å². The van der Waals surface area contributed by atoms with Crippen molar-refractivity contribution in [3.8, 4) is 5.69 Å². The molecule has 2 aromatic heterocycles. The predicted octanol–water partition coefficient (Wildman–Crippen LogP) is 2.93. The molecule has 3 aromatic rings. The average Bonchev–Trinajstić information content (AvgIpc) is 3.31. The minimum Gasteiger partial charge on any atom is -0.361 e. The van der Waals surface area contributed by atoms with Crippen molar-refractivity contribution in [3.05, 3.63) is 64.8 Å². The van der Waals surface area contributed by atoms with E-state index in [2.05, 4.69) is 10.3 Å². The Kier molecular flexibility index (Phi) is 3.87. The van der Waals surface area contributed by atoms with Crippen LogP contribution in [-0.4, -0.2) is 32.8 Å². The number of rotatable bonds is 4. The van der Waals surface area contributed by atoms with Crippen LogP contribution in [0.3, 0.4) is 0 Å². The molecule has 0 fully saturated rings. The van der Waals surface area contributed by atoms with Gasteiger partial charge in [-0.3, -0.25) is 4.79 Å². The van der Waals surface area contributed by atoms with Crippen LogP contribution < -0.4 is 0 Å². The Morgan fingerprint density at radius 3 is 2.80 bits per heavy atom. The molecule has 0 saturated heterocycles. The van der Waals surface area contributed by atoms with E-state index in [0.29, 0.717) is 12.2 Å². The molecular formula is C19H20N4O2. The lowest BCUT2D eigenvalue weighted by molar-refractivity contribution is 0.0775. The molecule has 0 radical (unpaired) electrons. The lowest BCUT2D eigenvalue weighted by Crippen LogP contribution is -2.27. The molecule has 0 unspecified atom stereocenters. The van der Waals surface area contributed by atoms with Gasteiger partial charge in [0.25, 0.3) is 5.91 Å². The van der Waals surface area contributed by atoms with E-state index in [0.717, 1.165) is 47.7 Å². The first-order chi connectivity index (χ1) is 12.1. The molecule has 0 spiro atoms. The first-order valence-electron chi connectivity index (χ1n) is 8.47. The van der Waals surface area contributed by atoms with Gasteiger partial charge in [0.05, 0.1) is 12.2 Å². The van der Waals surface area contributed by atoms with Crippen LogP contribution in [0.5, 0.6) is 0 Å². The molecule has 6 heteroatoms. The number of benzene rings is 1. The van der Waals surface area contributed by atoms with Crippen LogP contribution in [0.15, 0.2) is 40.9 Å². The minimum atomic E-state index is -0.0755. The molecule has 2 heterocycles. The summed E-state index contributed by atoms with van der Waals surface area (Å²) in [6.45, 7) is 2.25. The lowest BCUT2D eigenvalue weighted by Gasteiger charge is -2.14. The number of aryl methyl sites for hydroxylation is 1. The van der Waals surface area contributed by atoms with Crippen LogP contribution in [-0.2, 0) is 19.4 Å². The van der Waals surface area contributed by atoms with Crippen molar-refractivity contribution < 1.29 is 9.32 Å². The van der Waals surface area contributed by atoms with Crippen molar-refractivity contribution in [1.29, 1.82) is 0 Å². The SMILES string of the molecule is Cc1cc(CN(C)C(=O)c2nn(-c3ccccc3)c3c2CCC3)no1. The van der Waals surface area contributed by atoms with Gasteiger partial charge in [0, 0.05) is 24.4 Å². The van der Waals surface area contributed by atoms with Gasteiger partial charge in [0.15, 0.2) is 5.69 Å². The highest BCUT2D eigenvalue weighted by Gasteiger charge is 2.28. The standard InChI is InChI=1S/C19H20N4O2/c1-13-11-14(21-25-13)12-22(2)19(24)18-16-9-6-10-17(16)23(20-18)15-7-4-3-5-8-15/h3-5,7-8,11H,6,9-10,12H2,1-2H3. The topological polar surface area (TPSA) is 64.2 Å². The molecule has 1 aliphatic rings. The molecule has 4 rings (SSSR count). The quantitative estimate of drug-likeness (QED) is 0.735. The van der Waals surface area contributed by atoms with Gasteiger partial charge in [-0.15, -0.1) is 0 Å². The third-order valence-corrected chi connectivity index (χ3v) is 4.56. The summed E-state index contributed by atoms with van der Waals surface area (Å²) >= 11 is 0. The van der Waals surface area contributed by atoms with Crippen LogP contribution >= 0.6 is 0 Å². The minimum absolute atomic E-state index is 0.0755. The second-order valence-electron chi connectivity index (χ2n) is 6.46. The first kappa shape index (κ1) is 15.6. The third-order valence-electron chi connectivity index (χ3n) is 4.56. The Hall–Kier alpha value is -2.89. The highest BCUT2D eigenvalue weighted by Crippen LogP contribution is 2.28. The molecule has 0 N–H and O–H groups in total. The summed E-state index contributed by atoms with van der Waals surface area (Å²) < 4.78 is 7.00. The number of fused-ring (bicyclic) bond motifs is 1. The maximum atomic E-state index is 13.0. The van der Waals surface area contributed by atoms with Crippen molar-refractivity contribution in [3.63, 3.8) is 0 Å². The molecule has 0 bridgehead atoms. The zero-order valence-corrected chi connectivity index (χ0v) is 14.4. The Bertz CT molecular complexity index is 911. The van der Waals surface area contributed by atoms with Crippen molar-refractivity contribution >= 4 is 5.91 Å². The van der Waals surface area contributed by atoms with Crippen molar-refractivity contribution in [2.24, 2.45) is 0 Å². The molecule has 0 saturated carbocycles. The van der Waals surface area contributed by atoms with E-state index in [-0.39, 0.29) is 5.91 Å². The van der Waals surface area contributed by atoms with E-state index < -0.39 is 0 Å². The lowest BCUT2D eigenvalue weighted by atomic mass is 10.2. The third kappa shape index (κ3) is 2.84. The van der Waals surface area contributed by atoms with Crippen LogP contribution in [0, 0.1) is 6.92 Å². The molecule has 128 valence electrons. The van der Waals surface area contributed by atoms with Gasteiger partial charge in [-0.2, -0.15) is 5.10 Å². The highest BCUT2D eigenvalue weighted by molar-refractivity contribution is 5.94. The average molecular weight is 336 g/mol. The zero-order chi connectivity index (χ0) is 17.4. The Labute approximate surface area is 146 Å². The normalized spacial score (nSPS) is 13.0. The molecule has 1 aliphatic carbocycles. The Balaban J connectivity index is 1.65. The van der Waals surface area contributed by atoms with Crippen molar-refractivity contribution in [2.45, 2.75) is 32.7 Å². The summed E-state index contributed by atoms with van der Waals surface area (Å²) in [5, 5.41) is 8.61. The maximum absolute atomic E-state index is 13.0. The number of para-hydroxylation sites is 1. The van der Waals surface area contributed by atoms with Gasteiger partial charge in [-0.1, -0.05) is 23.4 Å². The largest absolute Gasteiger partial charge is 0.361 e. The summed E-state index contributed by atoms with van der Waals surface area (Å²) in [7, 11) is 1.77. The second kappa shape index (κ2) is 6.20. The van der Waals surface area contributed by atoms with Crippen LogP contribution in [0.25, 0.3) is 5.69 Å². The molecule has 0 aliphatic heterocycles. The van der Waals surface area contributed by atoms with Gasteiger partial charge in [0.1, 0.15) is 11.5 Å². The Morgan fingerprint density at radius 2 is 2.08 bits per heavy atom. The van der Waals surface area contributed by atoms with Crippen molar-refractivity contribution in [2.75, 3.05) is 7.05 Å². The van der Waals surface area contributed by atoms with Crippen LogP contribution in [0.2, 0.25) is 0 Å². The smallest absolute Gasteiger partial charge is 0.274 e. The van der Waals surface area contributed by atoms with Crippen LogP contribution in [0.1, 0.15) is 39.6 Å². The fraction of sp³-hybridized carbons (Fsp3) is 0.316. The molecule has 6 nitrogen and oxygen atoms in total. The predicted molar refractivity (Wildman–Crippen MR) is 92.6 cm³/mol. The Morgan fingerprint density at radius 1 is 1.28 bits per heavy atom. The molecular weight excluding hydrogens is 316 g/mol. The number of hydrogen-bond donors (Lipinski definition) is 0. The van der Waals surface area contributed by atoms with Gasteiger partial charge < -0.3 is 9.42 Å². The summed E-state index contributed by atoms with van der Waals surface area (Å²) in [6, 6.07) is 11.8. The number of amides is 1. The number of carbonyl (C=O) groups is 1. The molecule has 0 atom stereocenters. The summed E-state index contributed by atoms with van der Waals surface area (Å²) in [5.74, 6) is 0.665. The fourth-order valence-corrected chi connectivity index (χ4v) is 3.38. The molecule has 1 aromatic carbocycles. The summed E-state index contributed by atoms with van der Waals surface area (Å²) in [5.41, 5.74) is 4.53. The van der Waals surface area contributed by atoms with E-state index in [1.807, 2.05) is 48.0 Å². The highest BCUT2D eigenvalue weighted by atomic mass is 16.5. The monoisotopic (exact) mass is 336 g/mol. The zero-order valence-electron chi connectivity index (χ0n) is 14.4. The van der Waals surface area contributed by atoms with E-state index in [1.165, 1.54) is 0 Å².